The SMILES string of the molecule is O=C(O)CN1CCN(CC(=O)O)CCN(CC(=O)NCCOCCOCCCCCCCl)CCN(CC(=O)O)CC1. The maximum atomic E-state index is 12.6. The van der Waals surface area contributed by atoms with Crippen LogP contribution in [0.4, 0.5) is 0 Å². The summed E-state index contributed by atoms with van der Waals surface area (Å²) in [6, 6.07) is 0. The summed E-state index contributed by atoms with van der Waals surface area (Å²) in [7, 11) is 0. The van der Waals surface area contributed by atoms with Crippen LogP contribution < -0.4 is 5.32 Å². The monoisotopic (exact) mass is 609 g/mol. The Morgan fingerprint density at radius 3 is 1.37 bits per heavy atom. The highest BCUT2D eigenvalue weighted by Crippen LogP contribution is 2.02. The third-order valence-corrected chi connectivity index (χ3v) is 6.75. The molecule has 0 bridgehead atoms. The molecule has 4 N–H and O–H groups in total. The van der Waals surface area contributed by atoms with Crippen LogP contribution in [0.25, 0.3) is 0 Å². The maximum Gasteiger partial charge on any atom is 0.317 e. The molecule has 0 radical (unpaired) electrons. The molecule has 0 unspecified atom stereocenters. The number of carboxylic acids is 3. The molecule has 0 spiro atoms. The van der Waals surface area contributed by atoms with Crippen molar-refractivity contribution in [2.24, 2.45) is 0 Å². The molecule has 0 aromatic heterocycles. The molecule has 14 nitrogen and oxygen atoms in total. The van der Waals surface area contributed by atoms with E-state index in [-0.39, 0.29) is 32.1 Å². The van der Waals surface area contributed by atoms with Crippen molar-refractivity contribution in [2.45, 2.75) is 25.7 Å². The van der Waals surface area contributed by atoms with Crippen LogP contribution in [-0.4, -0.2) is 176 Å². The Morgan fingerprint density at radius 2 is 0.951 bits per heavy atom. The number of halogens is 1. The van der Waals surface area contributed by atoms with Gasteiger partial charge in [0.1, 0.15) is 0 Å². The fourth-order valence-electron chi connectivity index (χ4n) is 4.28. The van der Waals surface area contributed by atoms with Crippen LogP contribution >= 0.6 is 11.6 Å². The molecule has 15 heteroatoms. The van der Waals surface area contributed by atoms with E-state index in [1.807, 2.05) is 4.90 Å². The Bertz CT molecular complexity index is 733. The predicted molar refractivity (Wildman–Crippen MR) is 153 cm³/mol. The zero-order valence-electron chi connectivity index (χ0n) is 24.0. The predicted octanol–water partition coefficient (Wildman–Crippen LogP) is -0.590. The van der Waals surface area contributed by atoms with Gasteiger partial charge in [0.2, 0.25) is 5.91 Å². The molecule has 1 amide bonds. The first-order chi connectivity index (χ1) is 19.7. The summed E-state index contributed by atoms with van der Waals surface area (Å²) in [5.41, 5.74) is 0. The highest BCUT2D eigenvalue weighted by Gasteiger charge is 2.21. The number of hydrogen-bond acceptors (Lipinski definition) is 10. The van der Waals surface area contributed by atoms with Gasteiger partial charge in [0.15, 0.2) is 0 Å². The van der Waals surface area contributed by atoms with E-state index in [1.54, 1.807) is 14.7 Å². The van der Waals surface area contributed by atoms with Crippen LogP contribution in [-0.2, 0) is 28.7 Å². The number of rotatable bonds is 20. The molecule has 41 heavy (non-hydrogen) atoms. The number of unbranched alkanes of at least 4 members (excludes halogenated alkanes) is 3. The van der Waals surface area contributed by atoms with Crippen LogP contribution in [0.1, 0.15) is 25.7 Å². The third-order valence-electron chi connectivity index (χ3n) is 6.49. The summed E-state index contributed by atoms with van der Waals surface area (Å²) in [4.78, 5) is 53.7. The first-order valence-corrected chi connectivity index (χ1v) is 14.8. The van der Waals surface area contributed by atoms with E-state index in [0.717, 1.165) is 25.7 Å². The summed E-state index contributed by atoms with van der Waals surface area (Å²) in [5, 5.41) is 30.7. The number of nitrogens with one attached hydrogen (secondary N) is 1. The summed E-state index contributed by atoms with van der Waals surface area (Å²) >= 11 is 5.65. The molecule has 1 aliphatic heterocycles. The fraction of sp³-hybridized carbons (Fsp3) is 0.846. The van der Waals surface area contributed by atoms with E-state index in [1.165, 1.54) is 0 Å². The summed E-state index contributed by atoms with van der Waals surface area (Å²) in [6.45, 7) is 4.51. The second-order valence-electron chi connectivity index (χ2n) is 9.96. The minimum absolute atomic E-state index is 0.0692. The van der Waals surface area contributed by atoms with E-state index < -0.39 is 17.9 Å². The van der Waals surface area contributed by atoms with E-state index in [0.29, 0.717) is 91.2 Å². The van der Waals surface area contributed by atoms with Gasteiger partial charge in [-0.3, -0.25) is 38.8 Å². The molecular weight excluding hydrogens is 562 g/mol. The lowest BCUT2D eigenvalue weighted by atomic mass is 10.2. The molecule has 0 aromatic carbocycles. The second kappa shape index (κ2) is 23.5. The first kappa shape index (κ1) is 37.0. The van der Waals surface area contributed by atoms with Gasteiger partial charge < -0.3 is 30.1 Å². The van der Waals surface area contributed by atoms with Crippen molar-refractivity contribution in [1.29, 1.82) is 0 Å². The molecule has 0 aliphatic carbocycles. The Labute approximate surface area is 247 Å². The minimum Gasteiger partial charge on any atom is -0.480 e. The molecule has 1 heterocycles. The van der Waals surface area contributed by atoms with Gasteiger partial charge in [-0.2, -0.15) is 0 Å². The van der Waals surface area contributed by atoms with Crippen molar-refractivity contribution >= 4 is 35.4 Å². The first-order valence-electron chi connectivity index (χ1n) is 14.2. The number of carboxylic acid groups (broad SMARTS) is 3. The summed E-state index contributed by atoms with van der Waals surface area (Å²) < 4.78 is 11.0. The summed E-state index contributed by atoms with van der Waals surface area (Å²) in [6.07, 6.45) is 4.22. The summed E-state index contributed by atoms with van der Waals surface area (Å²) in [5.74, 6) is -2.52. The van der Waals surface area contributed by atoms with Crippen molar-refractivity contribution in [3.05, 3.63) is 0 Å². The van der Waals surface area contributed by atoms with Gasteiger partial charge in [-0.1, -0.05) is 12.8 Å². The minimum atomic E-state index is -1.01. The third kappa shape index (κ3) is 21.3. The van der Waals surface area contributed by atoms with Gasteiger partial charge in [0.05, 0.1) is 46.0 Å². The molecule has 1 saturated heterocycles. The molecule has 1 fully saturated rings. The Morgan fingerprint density at radius 1 is 0.561 bits per heavy atom. The largest absolute Gasteiger partial charge is 0.480 e. The van der Waals surface area contributed by atoms with E-state index >= 15 is 0 Å². The van der Waals surface area contributed by atoms with Crippen molar-refractivity contribution in [1.82, 2.24) is 24.9 Å². The number of nitrogens with zero attached hydrogens (tertiary/aromatic N) is 4. The van der Waals surface area contributed by atoms with Gasteiger partial charge in [0.25, 0.3) is 0 Å². The Kier molecular flexibility index (Phi) is 21.2. The van der Waals surface area contributed by atoms with Gasteiger partial charge in [0, 0.05) is 71.4 Å². The van der Waals surface area contributed by atoms with Crippen LogP contribution in [0.15, 0.2) is 0 Å². The number of carbonyl (C=O) groups is 4. The van der Waals surface area contributed by atoms with E-state index in [9.17, 15) is 34.5 Å². The van der Waals surface area contributed by atoms with Gasteiger partial charge in [-0.05, 0) is 12.8 Å². The zero-order chi connectivity index (χ0) is 30.3. The van der Waals surface area contributed by atoms with Gasteiger partial charge in [-0.15, -0.1) is 11.6 Å². The molecule has 0 aromatic rings. The topological polar surface area (TPSA) is 172 Å². The van der Waals surface area contributed by atoms with E-state index in [2.05, 4.69) is 5.32 Å². The van der Waals surface area contributed by atoms with Crippen molar-refractivity contribution < 1.29 is 44.0 Å². The highest BCUT2D eigenvalue weighted by atomic mass is 35.5. The lowest BCUT2D eigenvalue weighted by Gasteiger charge is -2.32. The normalized spacial score (nSPS) is 17.0. The van der Waals surface area contributed by atoms with Gasteiger partial charge in [-0.25, -0.2) is 0 Å². The maximum absolute atomic E-state index is 12.6. The van der Waals surface area contributed by atoms with Crippen LogP contribution in [0, 0.1) is 0 Å². The lowest BCUT2D eigenvalue weighted by molar-refractivity contribution is -0.140. The number of ether oxygens (including phenoxy) is 2. The smallest absolute Gasteiger partial charge is 0.317 e. The lowest BCUT2D eigenvalue weighted by Crippen LogP contribution is -2.50. The average molecular weight is 610 g/mol. The average Bonchev–Trinajstić information content (AvgIpc) is 2.90. The van der Waals surface area contributed by atoms with Crippen LogP contribution in [0.3, 0.4) is 0 Å². The van der Waals surface area contributed by atoms with Crippen LogP contribution in [0.5, 0.6) is 0 Å². The Hall–Kier alpha value is -2.07. The standard InChI is InChI=1S/C26H48ClN5O9/c27-5-3-1-2-4-15-40-17-18-41-16-6-28-23(33)19-29-7-9-30(20-24(34)35)11-13-32(22-26(38)39)14-12-31(10-8-29)21-25(36)37/h1-22H2,(H,28,33)(H,34,35)(H,36,37)(H,38,39). The van der Waals surface area contributed by atoms with Crippen molar-refractivity contribution in [3.8, 4) is 0 Å². The number of aliphatic carboxylic acids is 3. The number of amides is 1. The highest BCUT2D eigenvalue weighted by molar-refractivity contribution is 6.17. The van der Waals surface area contributed by atoms with Gasteiger partial charge >= 0.3 is 17.9 Å². The number of carbonyl (C=O) groups excluding carboxylic acids is 1. The molecule has 238 valence electrons. The van der Waals surface area contributed by atoms with E-state index in [4.69, 9.17) is 21.1 Å². The quantitative estimate of drug-likeness (QED) is 0.102. The second-order valence-corrected chi connectivity index (χ2v) is 10.3. The fourth-order valence-corrected chi connectivity index (χ4v) is 4.47. The molecule has 1 rings (SSSR count). The molecular formula is C26H48ClN5O9. The van der Waals surface area contributed by atoms with Crippen molar-refractivity contribution in [3.63, 3.8) is 0 Å². The molecule has 0 saturated carbocycles. The molecule has 1 aliphatic rings. The van der Waals surface area contributed by atoms with Crippen molar-refractivity contribution in [2.75, 3.05) is 117 Å². The number of alkyl halides is 1. The van der Waals surface area contributed by atoms with Crippen LogP contribution in [0.2, 0.25) is 0 Å². The number of hydrogen-bond donors (Lipinski definition) is 4. The zero-order valence-corrected chi connectivity index (χ0v) is 24.8. The Balaban J connectivity index is 2.53. The molecule has 0 atom stereocenters.